The fourth-order valence-corrected chi connectivity index (χ4v) is 1.60. The first-order chi connectivity index (χ1) is 5.33. The summed E-state index contributed by atoms with van der Waals surface area (Å²) in [5.74, 6) is 2.60. The third-order valence-electron chi connectivity index (χ3n) is 2.60. The van der Waals surface area contributed by atoms with Crippen LogP contribution in [-0.4, -0.2) is 6.29 Å². The zero-order valence-corrected chi connectivity index (χ0v) is 6.81. The zero-order chi connectivity index (χ0) is 8.16. The lowest BCUT2D eigenvalue weighted by molar-refractivity contribution is -0.121. The number of rotatable bonds is 4. The van der Waals surface area contributed by atoms with Gasteiger partial charge >= 0.3 is 0 Å². The minimum atomic E-state index is 0.0385. The van der Waals surface area contributed by atoms with Gasteiger partial charge in [-0.15, -0.1) is 12.3 Å². The second kappa shape index (κ2) is 3.57. The molecular formula is C10H14O. The maximum absolute atomic E-state index is 10.7. The second-order valence-corrected chi connectivity index (χ2v) is 3.39. The van der Waals surface area contributed by atoms with Gasteiger partial charge in [0, 0.05) is 11.8 Å². The topological polar surface area (TPSA) is 17.1 Å². The van der Waals surface area contributed by atoms with Crippen molar-refractivity contribution in [1.29, 1.82) is 0 Å². The SMILES string of the molecule is C#CCCCC1(C=O)CCC1. The Hall–Kier alpha value is -0.770. The maximum Gasteiger partial charge on any atom is 0.126 e. The van der Waals surface area contributed by atoms with Gasteiger partial charge in [-0.25, -0.2) is 0 Å². The van der Waals surface area contributed by atoms with Crippen LogP contribution in [0.3, 0.4) is 0 Å². The van der Waals surface area contributed by atoms with Gasteiger partial charge in [-0.1, -0.05) is 6.42 Å². The summed E-state index contributed by atoms with van der Waals surface area (Å²) in [4.78, 5) is 10.7. The molecule has 11 heavy (non-hydrogen) atoms. The van der Waals surface area contributed by atoms with Crippen LogP contribution in [0.5, 0.6) is 0 Å². The Morgan fingerprint density at radius 2 is 2.27 bits per heavy atom. The average Bonchev–Trinajstić information content (AvgIpc) is 1.95. The van der Waals surface area contributed by atoms with Crippen molar-refractivity contribution in [1.82, 2.24) is 0 Å². The molecular weight excluding hydrogens is 136 g/mol. The number of carbonyl (C=O) groups excluding carboxylic acids is 1. The smallest absolute Gasteiger partial charge is 0.126 e. The van der Waals surface area contributed by atoms with E-state index in [0.717, 1.165) is 38.4 Å². The Bertz CT molecular complexity index is 172. The van der Waals surface area contributed by atoms with Crippen molar-refractivity contribution < 1.29 is 4.79 Å². The highest BCUT2D eigenvalue weighted by Gasteiger charge is 2.35. The van der Waals surface area contributed by atoms with Crippen molar-refractivity contribution >= 4 is 6.29 Å². The molecule has 0 N–H and O–H groups in total. The fourth-order valence-electron chi connectivity index (χ4n) is 1.60. The van der Waals surface area contributed by atoms with E-state index in [1.54, 1.807) is 0 Å². The Kier molecular flexibility index (Phi) is 2.70. The molecule has 1 saturated carbocycles. The first-order valence-corrected chi connectivity index (χ1v) is 4.23. The van der Waals surface area contributed by atoms with E-state index in [0.29, 0.717) is 0 Å². The van der Waals surface area contributed by atoms with Gasteiger partial charge in [-0.3, -0.25) is 0 Å². The highest BCUT2D eigenvalue weighted by atomic mass is 16.1. The molecule has 0 radical (unpaired) electrons. The molecule has 1 rings (SSSR count). The standard InChI is InChI=1S/C10H14O/c1-2-3-4-6-10(9-11)7-5-8-10/h1,9H,3-8H2. The average molecular weight is 150 g/mol. The summed E-state index contributed by atoms with van der Waals surface area (Å²) in [6.07, 6.45) is 12.5. The van der Waals surface area contributed by atoms with E-state index in [2.05, 4.69) is 5.92 Å². The Morgan fingerprint density at radius 1 is 1.55 bits per heavy atom. The summed E-state index contributed by atoms with van der Waals surface area (Å²) < 4.78 is 0. The quantitative estimate of drug-likeness (QED) is 0.341. The van der Waals surface area contributed by atoms with Gasteiger partial charge < -0.3 is 4.79 Å². The molecule has 0 spiro atoms. The van der Waals surface area contributed by atoms with Crippen LogP contribution in [0, 0.1) is 17.8 Å². The molecule has 0 unspecified atom stereocenters. The lowest BCUT2D eigenvalue weighted by Crippen LogP contribution is -2.30. The van der Waals surface area contributed by atoms with Gasteiger partial charge in [0.05, 0.1) is 0 Å². The van der Waals surface area contributed by atoms with Crippen molar-refractivity contribution in [3.8, 4) is 12.3 Å². The number of hydrogen-bond acceptors (Lipinski definition) is 1. The number of terminal acetylenes is 1. The molecule has 60 valence electrons. The number of hydrogen-bond donors (Lipinski definition) is 0. The predicted octanol–water partition coefficient (Wildman–Crippen LogP) is 2.16. The van der Waals surface area contributed by atoms with E-state index in [1.165, 1.54) is 6.42 Å². The third-order valence-corrected chi connectivity index (χ3v) is 2.60. The lowest BCUT2D eigenvalue weighted by Gasteiger charge is -2.36. The van der Waals surface area contributed by atoms with E-state index in [-0.39, 0.29) is 5.41 Å². The summed E-state index contributed by atoms with van der Waals surface area (Å²) >= 11 is 0. The number of carbonyl (C=O) groups is 1. The molecule has 0 saturated heterocycles. The Morgan fingerprint density at radius 3 is 2.64 bits per heavy atom. The lowest BCUT2D eigenvalue weighted by atomic mass is 9.67. The van der Waals surface area contributed by atoms with Crippen LogP contribution in [0.15, 0.2) is 0 Å². The van der Waals surface area contributed by atoms with E-state index in [4.69, 9.17) is 6.42 Å². The van der Waals surface area contributed by atoms with E-state index < -0.39 is 0 Å². The fraction of sp³-hybridized carbons (Fsp3) is 0.700. The van der Waals surface area contributed by atoms with E-state index >= 15 is 0 Å². The second-order valence-electron chi connectivity index (χ2n) is 3.39. The number of unbranched alkanes of at least 4 members (excludes halogenated alkanes) is 1. The monoisotopic (exact) mass is 150 g/mol. The van der Waals surface area contributed by atoms with Gasteiger partial charge in [-0.05, 0) is 25.7 Å². The van der Waals surface area contributed by atoms with Crippen molar-refractivity contribution in [3.63, 3.8) is 0 Å². The highest BCUT2D eigenvalue weighted by molar-refractivity contribution is 5.60. The molecule has 0 atom stereocenters. The molecule has 0 aromatic heterocycles. The molecule has 1 aliphatic rings. The van der Waals surface area contributed by atoms with Gasteiger partial charge in [-0.2, -0.15) is 0 Å². The molecule has 0 aromatic rings. The van der Waals surface area contributed by atoms with Gasteiger partial charge in [0.1, 0.15) is 6.29 Å². The molecule has 0 heterocycles. The summed E-state index contributed by atoms with van der Waals surface area (Å²) in [6.45, 7) is 0. The summed E-state index contributed by atoms with van der Waals surface area (Å²) in [6, 6.07) is 0. The van der Waals surface area contributed by atoms with Crippen LogP contribution in [0.2, 0.25) is 0 Å². The van der Waals surface area contributed by atoms with Gasteiger partial charge in [0.15, 0.2) is 0 Å². The molecule has 0 bridgehead atoms. The van der Waals surface area contributed by atoms with Crippen LogP contribution >= 0.6 is 0 Å². The molecule has 0 aliphatic heterocycles. The molecule has 1 nitrogen and oxygen atoms in total. The van der Waals surface area contributed by atoms with Crippen LogP contribution in [-0.2, 0) is 4.79 Å². The largest absolute Gasteiger partial charge is 0.303 e. The maximum atomic E-state index is 10.7. The Balaban J connectivity index is 2.23. The molecule has 0 aromatic carbocycles. The number of aldehydes is 1. The van der Waals surface area contributed by atoms with Crippen LogP contribution in [0.25, 0.3) is 0 Å². The van der Waals surface area contributed by atoms with Crippen molar-refractivity contribution in [3.05, 3.63) is 0 Å². The molecule has 1 aliphatic carbocycles. The van der Waals surface area contributed by atoms with Gasteiger partial charge in [0.25, 0.3) is 0 Å². The van der Waals surface area contributed by atoms with E-state index in [1.807, 2.05) is 0 Å². The van der Waals surface area contributed by atoms with Crippen molar-refractivity contribution in [2.45, 2.75) is 38.5 Å². The Labute approximate surface area is 68.2 Å². The van der Waals surface area contributed by atoms with Crippen molar-refractivity contribution in [2.24, 2.45) is 5.41 Å². The predicted molar refractivity (Wildman–Crippen MR) is 45.0 cm³/mol. The van der Waals surface area contributed by atoms with Gasteiger partial charge in [0.2, 0.25) is 0 Å². The first kappa shape index (κ1) is 8.33. The highest BCUT2D eigenvalue weighted by Crippen LogP contribution is 2.42. The normalized spacial score (nSPS) is 19.9. The van der Waals surface area contributed by atoms with Crippen LogP contribution in [0.1, 0.15) is 38.5 Å². The van der Waals surface area contributed by atoms with Crippen LogP contribution < -0.4 is 0 Å². The summed E-state index contributed by atoms with van der Waals surface area (Å²) in [5.41, 5.74) is 0.0385. The molecule has 1 heteroatoms. The third kappa shape index (κ3) is 1.83. The van der Waals surface area contributed by atoms with Crippen molar-refractivity contribution in [2.75, 3.05) is 0 Å². The van der Waals surface area contributed by atoms with Crippen LogP contribution in [0.4, 0.5) is 0 Å². The molecule has 0 amide bonds. The minimum absolute atomic E-state index is 0.0385. The van der Waals surface area contributed by atoms with E-state index in [9.17, 15) is 4.79 Å². The summed E-state index contributed by atoms with van der Waals surface area (Å²) in [7, 11) is 0. The molecule has 1 fully saturated rings. The zero-order valence-electron chi connectivity index (χ0n) is 6.81. The summed E-state index contributed by atoms with van der Waals surface area (Å²) in [5, 5.41) is 0. The minimum Gasteiger partial charge on any atom is -0.303 e. The first-order valence-electron chi connectivity index (χ1n) is 4.23.